The fourth-order valence-electron chi connectivity index (χ4n) is 1.46. The van der Waals surface area contributed by atoms with Crippen LogP contribution in [0.15, 0.2) is 30.6 Å². The minimum Gasteiger partial charge on any atom is -0.398 e. The summed E-state index contributed by atoms with van der Waals surface area (Å²) in [5.74, 6) is -0.289. The van der Waals surface area contributed by atoms with Crippen LogP contribution in [-0.2, 0) is 6.54 Å². The molecule has 0 saturated heterocycles. The second kappa shape index (κ2) is 3.73. The van der Waals surface area contributed by atoms with Crippen LogP contribution in [0.4, 0.5) is 10.1 Å². The van der Waals surface area contributed by atoms with E-state index in [1.165, 1.54) is 6.07 Å². The number of aromatic nitrogens is 2. The molecule has 0 aliphatic heterocycles. The molecule has 0 atom stereocenters. The number of hydrogen-bond acceptors (Lipinski definition) is 2. The maximum absolute atomic E-state index is 13.4. The van der Waals surface area contributed by atoms with Gasteiger partial charge < -0.3 is 5.73 Å². The number of anilines is 1. The predicted octanol–water partition coefficient (Wildman–Crippen LogP) is 1.96. The lowest BCUT2D eigenvalue weighted by atomic mass is 10.1. The lowest BCUT2D eigenvalue weighted by molar-refractivity contribution is 0.586. The summed E-state index contributed by atoms with van der Waals surface area (Å²) in [5.41, 5.74) is 7.69. The van der Waals surface area contributed by atoms with E-state index >= 15 is 0 Å². The SMILES string of the molecule is Cc1cnn(Cc2c(N)cccc2F)c1. The third-order valence-corrected chi connectivity index (χ3v) is 2.24. The molecule has 0 aliphatic carbocycles. The Bertz CT molecular complexity index is 456. The van der Waals surface area contributed by atoms with Crippen LogP contribution >= 0.6 is 0 Å². The first-order valence-corrected chi connectivity index (χ1v) is 4.69. The van der Waals surface area contributed by atoms with Crippen LogP contribution in [0, 0.1) is 12.7 Å². The first kappa shape index (κ1) is 9.71. The molecule has 1 aromatic heterocycles. The Hall–Kier alpha value is -1.84. The third-order valence-electron chi connectivity index (χ3n) is 2.24. The van der Waals surface area contributed by atoms with Gasteiger partial charge in [-0.15, -0.1) is 0 Å². The Balaban J connectivity index is 2.31. The van der Waals surface area contributed by atoms with Gasteiger partial charge in [-0.25, -0.2) is 4.39 Å². The summed E-state index contributed by atoms with van der Waals surface area (Å²) in [6, 6.07) is 4.69. The number of nitrogen functional groups attached to an aromatic ring is 1. The highest BCUT2D eigenvalue weighted by atomic mass is 19.1. The molecule has 2 aromatic rings. The predicted molar refractivity (Wildman–Crippen MR) is 56.9 cm³/mol. The zero-order valence-corrected chi connectivity index (χ0v) is 8.44. The lowest BCUT2D eigenvalue weighted by Gasteiger charge is -2.06. The topological polar surface area (TPSA) is 43.8 Å². The van der Waals surface area contributed by atoms with Gasteiger partial charge in [-0.05, 0) is 24.6 Å². The van der Waals surface area contributed by atoms with Crippen LogP contribution in [0.3, 0.4) is 0 Å². The molecule has 2 rings (SSSR count). The standard InChI is InChI=1S/C11H12FN3/c1-8-5-14-15(6-8)7-9-10(12)3-2-4-11(9)13/h2-6H,7,13H2,1H3. The van der Waals surface area contributed by atoms with Gasteiger partial charge in [-0.2, -0.15) is 5.10 Å². The van der Waals surface area contributed by atoms with Gasteiger partial charge in [0.25, 0.3) is 0 Å². The van der Waals surface area contributed by atoms with Crippen LogP contribution < -0.4 is 5.73 Å². The van der Waals surface area contributed by atoms with E-state index in [-0.39, 0.29) is 5.82 Å². The number of benzene rings is 1. The summed E-state index contributed by atoms with van der Waals surface area (Å²) in [6.07, 6.45) is 3.59. The Morgan fingerprint density at radius 1 is 1.47 bits per heavy atom. The van der Waals surface area contributed by atoms with Crippen molar-refractivity contribution in [3.63, 3.8) is 0 Å². The molecule has 0 spiro atoms. The second-order valence-corrected chi connectivity index (χ2v) is 3.52. The Labute approximate surface area is 87.3 Å². The van der Waals surface area contributed by atoms with Crippen molar-refractivity contribution in [3.8, 4) is 0 Å². The van der Waals surface area contributed by atoms with E-state index in [2.05, 4.69) is 5.10 Å². The molecule has 3 nitrogen and oxygen atoms in total. The number of nitrogens with zero attached hydrogens (tertiary/aromatic N) is 2. The molecule has 4 heteroatoms. The summed E-state index contributed by atoms with van der Waals surface area (Å²) in [5, 5.41) is 4.09. The number of aryl methyl sites for hydroxylation is 1. The molecule has 0 fully saturated rings. The van der Waals surface area contributed by atoms with E-state index in [0.29, 0.717) is 17.8 Å². The molecule has 78 valence electrons. The fraction of sp³-hybridized carbons (Fsp3) is 0.182. The molecule has 0 radical (unpaired) electrons. The smallest absolute Gasteiger partial charge is 0.130 e. The van der Waals surface area contributed by atoms with Gasteiger partial charge in [0.2, 0.25) is 0 Å². The minimum atomic E-state index is -0.289. The third kappa shape index (κ3) is 1.98. The maximum atomic E-state index is 13.4. The van der Waals surface area contributed by atoms with Crippen molar-refractivity contribution in [1.29, 1.82) is 0 Å². The summed E-state index contributed by atoms with van der Waals surface area (Å²) in [4.78, 5) is 0. The monoisotopic (exact) mass is 205 g/mol. The fourth-order valence-corrected chi connectivity index (χ4v) is 1.46. The highest BCUT2D eigenvalue weighted by Gasteiger charge is 2.06. The van der Waals surface area contributed by atoms with Gasteiger partial charge in [-0.1, -0.05) is 6.07 Å². The molecule has 0 aliphatic rings. The van der Waals surface area contributed by atoms with Crippen molar-refractivity contribution < 1.29 is 4.39 Å². The molecule has 0 unspecified atom stereocenters. The first-order valence-electron chi connectivity index (χ1n) is 4.69. The molecule has 0 bridgehead atoms. The summed E-state index contributed by atoms with van der Waals surface area (Å²) >= 11 is 0. The zero-order valence-electron chi connectivity index (χ0n) is 8.44. The average molecular weight is 205 g/mol. The van der Waals surface area contributed by atoms with Crippen molar-refractivity contribution in [2.24, 2.45) is 0 Å². The molecular weight excluding hydrogens is 193 g/mol. The van der Waals surface area contributed by atoms with Gasteiger partial charge in [0.05, 0.1) is 12.7 Å². The molecule has 1 aromatic carbocycles. The van der Waals surface area contributed by atoms with Gasteiger partial charge in [0.1, 0.15) is 5.82 Å². The Morgan fingerprint density at radius 3 is 2.87 bits per heavy atom. The van der Waals surface area contributed by atoms with Gasteiger partial charge in [0, 0.05) is 17.4 Å². The van der Waals surface area contributed by atoms with Crippen molar-refractivity contribution >= 4 is 5.69 Å². The normalized spacial score (nSPS) is 10.5. The van der Waals surface area contributed by atoms with Crippen molar-refractivity contribution in [2.45, 2.75) is 13.5 Å². The number of hydrogen-bond donors (Lipinski definition) is 1. The van der Waals surface area contributed by atoms with Crippen LogP contribution in [-0.4, -0.2) is 9.78 Å². The number of nitrogens with two attached hydrogens (primary N) is 1. The molecule has 1 heterocycles. The molecule has 0 saturated carbocycles. The Kier molecular flexibility index (Phi) is 2.41. The maximum Gasteiger partial charge on any atom is 0.130 e. The highest BCUT2D eigenvalue weighted by Crippen LogP contribution is 2.16. The molecular formula is C11H12FN3. The summed E-state index contributed by atoms with van der Waals surface area (Å²) < 4.78 is 15.1. The summed E-state index contributed by atoms with van der Waals surface area (Å²) in [7, 11) is 0. The lowest BCUT2D eigenvalue weighted by Crippen LogP contribution is -2.05. The van der Waals surface area contributed by atoms with E-state index in [1.54, 1.807) is 23.0 Å². The average Bonchev–Trinajstić information content (AvgIpc) is 2.58. The van der Waals surface area contributed by atoms with Crippen molar-refractivity contribution in [3.05, 3.63) is 47.5 Å². The molecule has 0 amide bonds. The van der Waals surface area contributed by atoms with Crippen molar-refractivity contribution in [2.75, 3.05) is 5.73 Å². The van der Waals surface area contributed by atoms with Gasteiger partial charge in [-0.3, -0.25) is 4.68 Å². The molecule has 2 N–H and O–H groups in total. The largest absolute Gasteiger partial charge is 0.398 e. The van der Waals surface area contributed by atoms with E-state index in [9.17, 15) is 4.39 Å². The zero-order chi connectivity index (χ0) is 10.8. The quantitative estimate of drug-likeness (QED) is 0.761. The van der Waals surface area contributed by atoms with Crippen LogP contribution in [0.2, 0.25) is 0 Å². The van der Waals surface area contributed by atoms with Crippen LogP contribution in [0.25, 0.3) is 0 Å². The number of rotatable bonds is 2. The van der Waals surface area contributed by atoms with Crippen LogP contribution in [0.1, 0.15) is 11.1 Å². The Morgan fingerprint density at radius 2 is 2.27 bits per heavy atom. The van der Waals surface area contributed by atoms with Gasteiger partial charge >= 0.3 is 0 Å². The molecule has 15 heavy (non-hydrogen) atoms. The summed E-state index contributed by atoms with van der Waals surface area (Å²) in [6.45, 7) is 2.31. The van der Waals surface area contributed by atoms with Gasteiger partial charge in [0.15, 0.2) is 0 Å². The second-order valence-electron chi connectivity index (χ2n) is 3.52. The van der Waals surface area contributed by atoms with Crippen molar-refractivity contribution in [1.82, 2.24) is 9.78 Å². The highest BCUT2D eigenvalue weighted by molar-refractivity contribution is 5.47. The van der Waals surface area contributed by atoms with E-state index in [0.717, 1.165) is 5.56 Å². The minimum absolute atomic E-state index is 0.289. The van der Waals surface area contributed by atoms with E-state index in [1.807, 2.05) is 13.1 Å². The first-order chi connectivity index (χ1) is 7.16. The van der Waals surface area contributed by atoms with E-state index in [4.69, 9.17) is 5.73 Å². The number of halogens is 1. The van der Waals surface area contributed by atoms with E-state index < -0.39 is 0 Å². The van der Waals surface area contributed by atoms with Crippen LogP contribution in [0.5, 0.6) is 0 Å².